The molecule has 0 radical (unpaired) electrons. The van der Waals surface area contributed by atoms with Crippen molar-refractivity contribution in [1.29, 1.82) is 0 Å². The fraction of sp³-hybridized carbons (Fsp3) is 0.545. The summed E-state index contributed by atoms with van der Waals surface area (Å²) in [5, 5.41) is 0.153. The normalized spacial score (nSPS) is 25.5. The third kappa shape index (κ3) is 4.75. The average molecular weight is 389 g/mol. The fourth-order valence-corrected chi connectivity index (χ4v) is 4.41. The zero-order valence-electron chi connectivity index (χ0n) is 16.7. The largest absolute Gasteiger partial charge is 0.488 e. The molecule has 5 heteroatoms. The molecular weight excluding hydrogens is 360 g/mol. The molecule has 0 N–H and O–H groups in total. The second kappa shape index (κ2) is 7.34. The van der Waals surface area contributed by atoms with Gasteiger partial charge in [-0.2, -0.15) is 0 Å². The number of carbonyl (C=O) groups is 2. The first kappa shape index (κ1) is 20.0. The van der Waals surface area contributed by atoms with Gasteiger partial charge < -0.3 is 9.47 Å². The maximum Gasteiger partial charge on any atom is 0.310 e. The van der Waals surface area contributed by atoms with Crippen LogP contribution in [0.25, 0.3) is 0 Å². The number of carbonyl (C=O) groups excluding carboxylic acids is 2. The summed E-state index contributed by atoms with van der Waals surface area (Å²) in [6.45, 7) is 10.3. The van der Waals surface area contributed by atoms with Crippen LogP contribution in [0.5, 0.6) is 5.75 Å². The van der Waals surface area contributed by atoms with Crippen LogP contribution < -0.4 is 4.74 Å². The maximum absolute atomic E-state index is 12.6. The summed E-state index contributed by atoms with van der Waals surface area (Å²) in [5.74, 6) is 1.32. The molecule has 1 aromatic rings. The highest BCUT2D eigenvalue weighted by Gasteiger charge is 2.61. The van der Waals surface area contributed by atoms with Crippen molar-refractivity contribution in [2.75, 3.05) is 5.75 Å². The van der Waals surface area contributed by atoms with Crippen molar-refractivity contribution in [1.82, 2.24) is 0 Å². The van der Waals surface area contributed by atoms with Crippen LogP contribution in [0.1, 0.15) is 46.6 Å². The van der Waals surface area contributed by atoms with Gasteiger partial charge in [0.15, 0.2) is 0 Å². The molecule has 4 nitrogen and oxygen atoms in total. The highest BCUT2D eigenvalue weighted by atomic mass is 32.2. The molecule has 1 aliphatic carbocycles. The van der Waals surface area contributed by atoms with E-state index in [9.17, 15) is 9.59 Å². The Kier molecular flexibility index (Phi) is 5.44. The third-order valence-corrected chi connectivity index (χ3v) is 6.05. The number of allylic oxidation sites excluding steroid dienone is 1. The van der Waals surface area contributed by atoms with Gasteiger partial charge in [0, 0.05) is 11.3 Å². The van der Waals surface area contributed by atoms with E-state index >= 15 is 0 Å². The van der Waals surface area contributed by atoms with Crippen molar-refractivity contribution in [3.8, 4) is 5.75 Å². The SMILES string of the molecule is CC(C)(C)Oc1cccc(COC(=O)[C@@H]2[C@H](/C=C3\CCSC3=O)C2(C)C)c1. The van der Waals surface area contributed by atoms with E-state index in [2.05, 4.69) is 13.8 Å². The molecule has 1 aromatic carbocycles. The van der Waals surface area contributed by atoms with Gasteiger partial charge in [-0.3, -0.25) is 9.59 Å². The predicted octanol–water partition coefficient (Wildman–Crippen LogP) is 4.77. The van der Waals surface area contributed by atoms with E-state index in [0.29, 0.717) is 0 Å². The van der Waals surface area contributed by atoms with E-state index in [-0.39, 0.29) is 40.5 Å². The van der Waals surface area contributed by atoms with Crippen LogP contribution >= 0.6 is 11.8 Å². The quantitative estimate of drug-likeness (QED) is 0.537. The van der Waals surface area contributed by atoms with E-state index in [0.717, 1.165) is 29.1 Å². The highest BCUT2D eigenvalue weighted by molar-refractivity contribution is 8.14. The Morgan fingerprint density at radius 2 is 2.07 bits per heavy atom. The minimum absolute atomic E-state index is 0.0817. The molecule has 146 valence electrons. The lowest BCUT2D eigenvalue weighted by atomic mass is 10.1. The highest BCUT2D eigenvalue weighted by Crippen LogP contribution is 2.60. The van der Waals surface area contributed by atoms with Crippen LogP contribution in [0.2, 0.25) is 0 Å². The summed E-state index contributed by atoms with van der Waals surface area (Å²) in [7, 11) is 0. The van der Waals surface area contributed by atoms with Crippen molar-refractivity contribution in [3.05, 3.63) is 41.5 Å². The Balaban J connectivity index is 1.60. The second-order valence-electron chi connectivity index (χ2n) is 8.87. The smallest absolute Gasteiger partial charge is 0.310 e. The first-order chi connectivity index (χ1) is 12.6. The topological polar surface area (TPSA) is 52.6 Å². The molecule has 2 atom stereocenters. The number of esters is 1. The summed E-state index contributed by atoms with van der Waals surface area (Å²) in [6, 6.07) is 7.64. The standard InChI is InChI=1S/C22H28O4S/c1-21(2,3)26-16-8-6-7-14(11-16)13-25-19(23)18-17(22(18,4)5)12-15-9-10-27-20(15)24/h6-8,11-12,17-18H,9-10,13H2,1-5H3/b15-12+/t17-,18-/m0/s1. The third-order valence-electron chi connectivity index (χ3n) is 5.12. The number of ether oxygens (including phenoxy) is 2. The van der Waals surface area contributed by atoms with Gasteiger partial charge >= 0.3 is 5.97 Å². The van der Waals surface area contributed by atoms with Crippen LogP contribution in [0.3, 0.4) is 0 Å². The second-order valence-corrected chi connectivity index (χ2v) is 9.94. The van der Waals surface area contributed by atoms with Crippen LogP contribution in [0.15, 0.2) is 35.9 Å². The lowest BCUT2D eigenvalue weighted by Gasteiger charge is -2.21. The van der Waals surface area contributed by atoms with E-state index in [4.69, 9.17) is 9.47 Å². The number of rotatable bonds is 5. The van der Waals surface area contributed by atoms with Gasteiger partial charge in [-0.25, -0.2) is 0 Å². The number of benzene rings is 1. The number of thioether (sulfide) groups is 1. The van der Waals surface area contributed by atoms with Crippen molar-refractivity contribution in [2.24, 2.45) is 17.3 Å². The number of hydrogen-bond acceptors (Lipinski definition) is 5. The van der Waals surface area contributed by atoms with Crippen LogP contribution in [0.4, 0.5) is 0 Å². The van der Waals surface area contributed by atoms with Crippen LogP contribution in [0, 0.1) is 17.3 Å². The molecule has 1 heterocycles. The molecule has 1 aliphatic heterocycles. The zero-order chi connectivity index (χ0) is 19.8. The van der Waals surface area contributed by atoms with Gasteiger partial charge in [0.1, 0.15) is 18.0 Å². The molecular formula is C22H28O4S. The zero-order valence-corrected chi connectivity index (χ0v) is 17.5. The first-order valence-electron chi connectivity index (χ1n) is 9.40. The summed E-state index contributed by atoms with van der Waals surface area (Å²) in [4.78, 5) is 24.4. The van der Waals surface area contributed by atoms with E-state index in [1.165, 1.54) is 11.8 Å². The van der Waals surface area contributed by atoms with E-state index in [1.54, 1.807) is 0 Å². The fourth-order valence-electron chi connectivity index (χ4n) is 3.55. The Bertz CT molecular complexity index is 773. The molecule has 1 saturated heterocycles. The maximum atomic E-state index is 12.6. The Labute approximate surface area is 165 Å². The Hall–Kier alpha value is -1.75. The molecule has 0 aromatic heterocycles. The molecule has 1 saturated carbocycles. The summed E-state index contributed by atoms with van der Waals surface area (Å²) >= 11 is 1.36. The molecule has 3 rings (SSSR count). The van der Waals surface area contributed by atoms with Gasteiger partial charge in [0.05, 0.1) is 5.92 Å². The van der Waals surface area contributed by atoms with Crippen LogP contribution in [-0.4, -0.2) is 22.4 Å². The van der Waals surface area contributed by atoms with Crippen molar-refractivity contribution in [2.45, 2.75) is 53.2 Å². The van der Waals surface area contributed by atoms with E-state index in [1.807, 2.05) is 51.1 Å². The van der Waals surface area contributed by atoms with E-state index < -0.39 is 0 Å². The first-order valence-corrected chi connectivity index (χ1v) is 10.4. The Morgan fingerprint density at radius 1 is 1.33 bits per heavy atom. The van der Waals surface area contributed by atoms with Crippen molar-refractivity contribution < 1.29 is 19.1 Å². The van der Waals surface area contributed by atoms with Gasteiger partial charge in [0.25, 0.3) is 0 Å². The Morgan fingerprint density at radius 3 is 2.70 bits per heavy atom. The lowest BCUT2D eigenvalue weighted by molar-refractivity contribution is -0.147. The lowest BCUT2D eigenvalue weighted by Crippen LogP contribution is -2.23. The average Bonchev–Trinajstić information content (AvgIpc) is 2.86. The van der Waals surface area contributed by atoms with Crippen LogP contribution in [-0.2, 0) is 20.9 Å². The van der Waals surface area contributed by atoms with Gasteiger partial charge in [-0.15, -0.1) is 0 Å². The minimum atomic E-state index is -0.274. The van der Waals surface area contributed by atoms with Gasteiger partial charge in [-0.1, -0.05) is 43.8 Å². The summed E-state index contributed by atoms with van der Waals surface area (Å²) in [5.41, 5.74) is 1.33. The van der Waals surface area contributed by atoms with Crippen molar-refractivity contribution in [3.63, 3.8) is 0 Å². The van der Waals surface area contributed by atoms with Gasteiger partial charge in [0.2, 0.25) is 5.12 Å². The predicted molar refractivity (Wildman–Crippen MR) is 108 cm³/mol. The summed E-state index contributed by atoms with van der Waals surface area (Å²) < 4.78 is 11.4. The molecule has 0 spiro atoms. The molecule has 0 amide bonds. The number of hydrogen-bond donors (Lipinski definition) is 0. The monoisotopic (exact) mass is 388 g/mol. The summed E-state index contributed by atoms with van der Waals surface area (Å²) in [6.07, 6.45) is 2.81. The molecule has 0 bridgehead atoms. The van der Waals surface area contributed by atoms with Crippen molar-refractivity contribution >= 4 is 22.8 Å². The molecule has 27 heavy (non-hydrogen) atoms. The molecule has 0 unspecified atom stereocenters. The van der Waals surface area contributed by atoms with Gasteiger partial charge in [-0.05, 0) is 56.2 Å². The minimum Gasteiger partial charge on any atom is -0.488 e. The molecule has 2 fully saturated rings. The molecule has 2 aliphatic rings.